The zero-order chi connectivity index (χ0) is 23.7. The van der Waals surface area contributed by atoms with Crippen molar-refractivity contribution in [3.63, 3.8) is 0 Å². The number of carbonyl (C=O) groups is 1. The molecule has 1 saturated heterocycles. The first kappa shape index (κ1) is 22.2. The van der Waals surface area contributed by atoms with E-state index in [9.17, 15) is 4.79 Å². The first-order valence-electron chi connectivity index (χ1n) is 11.9. The lowest BCUT2D eigenvalue weighted by molar-refractivity contribution is -0.116. The molecule has 0 radical (unpaired) electrons. The largest absolute Gasteiger partial charge is 0.493 e. The van der Waals surface area contributed by atoms with Crippen molar-refractivity contribution in [3.05, 3.63) is 47.2 Å². The number of anilines is 2. The highest BCUT2D eigenvalue weighted by molar-refractivity contribution is 5.95. The average Bonchev–Trinajstić information content (AvgIpc) is 3.51. The van der Waals surface area contributed by atoms with Crippen molar-refractivity contribution in [1.82, 2.24) is 20.0 Å². The van der Waals surface area contributed by atoms with E-state index >= 15 is 0 Å². The first-order valence-corrected chi connectivity index (χ1v) is 11.9. The van der Waals surface area contributed by atoms with Crippen molar-refractivity contribution in [2.24, 2.45) is 0 Å². The predicted molar refractivity (Wildman–Crippen MR) is 129 cm³/mol. The minimum Gasteiger partial charge on any atom is -0.493 e. The van der Waals surface area contributed by atoms with Crippen molar-refractivity contribution in [3.8, 4) is 17.3 Å². The number of carbonyl (C=O) groups excluding carboxylic acids is 1. The number of rotatable bonds is 7. The van der Waals surface area contributed by atoms with Gasteiger partial charge in [-0.2, -0.15) is 9.78 Å². The molecule has 2 aliphatic heterocycles. The fraction of sp³-hybridized carbons (Fsp3) is 0.440. The fourth-order valence-corrected chi connectivity index (χ4v) is 4.78. The van der Waals surface area contributed by atoms with Crippen LogP contribution >= 0.6 is 0 Å². The Kier molecular flexibility index (Phi) is 6.08. The molecule has 1 fully saturated rings. The summed E-state index contributed by atoms with van der Waals surface area (Å²) >= 11 is 0. The van der Waals surface area contributed by atoms with Crippen LogP contribution in [0.4, 0.5) is 11.6 Å². The maximum absolute atomic E-state index is 12.7. The van der Waals surface area contributed by atoms with Crippen LogP contribution < -0.4 is 19.7 Å². The van der Waals surface area contributed by atoms with Crippen molar-refractivity contribution >= 4 is 17.5 Å². The highest BCUT2D eigenvalue weighted by Crippen LogP contribution is 2.42. The molecule has 1 atom stereocenters. The van der Waals surface area contributed by atoms with Crippen molar-refractivity contribution in [2.45, 2.75) is 45.4 Å². The van der Waals surface area contributed by atoms with E-state index in [4.69, 9.17) is 14.6 Å². The molecule has 0 saturated carbocycles. The molecule has 1 unspecified atom stereocenters. The summed E-state index contributed by atoms with van der Waals surface area (Å²) in [7, 11) is 1.63. The quantitative estimate of drug-likeness (QED) is 0.570. The predicted octanol–water partition coefficient (Wildman–Crippen LogP) is 3.84. The summed E-state index contributed by atoms with van der Waals surface area (Å²) in [6, 6.07) is 9.75. The zero-order valence-corrected chi connectivity index (χ0v) is 19.9. The van der Waals surface area contributed by atoms with Gasteiger partial charge in [-0.3, -0.25) is 4.79 Å². The van der Waals surface area contributed by atoms with Gasteiger partial charge in [0.05, 0.1) is 19.4 Å². The van der Waals surface area contributed by atoms with Crippen LogP contribution in [-0.2, 0) is 4.79 Å². The Morgan fingerprint density at radius 1 is 1.09 bits per heavy atom. The smallest absolute Gasteiger partial charge is 0.226 e. The number of amides is 1. The minimum absolute atomic E-state index is 0.0643. The molecule has 2 aromatic heterocycles. The molecule has 5 rings (SSSR count). The molecule has 2 aliphatic rings. The Balaban J connectivity index is 1.50. The molecule has 0 bridgehead atoms. The van der Waals surface area contributed by atoms with Gasteiger partial charge in [0, 0.05) is 31.0 Å². The van der Waals surface area contributed by atoms with Crippen LogP contribution in [0, 0.1) is 6.92 Å². The molecule has 9 nitrogen and oxygen atoms in total. The number of methoxy groups -OCH3 is 1. The number of benzene rings is 1. The van der Waals surface area contributed by atoms with E-state index in [0.29, 0.717) is 36.2 Å². The SMILES string of the molecule is CCCOc1ccc(C2CC(=O)Nc3c2c(C)nn3-c2ccc(N3CCCC3)nn2)cc1OC. The van der Waals surface area contributed by atoms with Crippen molar-refractivity contribution < 1.29 is 14.3 Å². The third-order valence-corrected chi connectivity index (χ3v) is 6.44. The molecule has 4 heterocycles. The number of hydrogen-bond acceptors (Lipinski definition) is 7. The molecule has 3 aromatic rings. The molecule has 0 aliphatic carbocycles. The standard InChI is InChI=1S/C25H30N6O3/c1-4-13-34-19-8-7-17(14-20(19)33-3)18-15-23(32)26-25-24(18)16(2)29-31(25)22-10-9-21(27-28-22)30-11-5-6-12-30/h7-10,14,18H,4-6,11-13,15H2,1-3H3,(H,26,32). The third-order valence-electron chi connectivity index (χ3n) is 6.44. The van der Waals surface area contributed by atoms with Gasteiger partial charge in [0.15, 0.2) is 23.1 Å². The second-order valence-electron chi connectivity index (χ2n) is 8.77. The number of nitrogens with one attached hydrogen (secondary N) is 1. The van der Waals surface area contributed by atoms with Gasteiger partial charge in [-0.25, -0.2) is 0 Å². The molecule has 1 amide bonds. The average molecular weight is 463 g/mol. The van der Waals surface area contributed by atoms with Crippen LogP contribution in [0.5, 0.6) is 11.5 Å². The summed E-state index contributed by atoms with van der Waals surface area (Å²) in [5, 5.41) is 16.6. The molecule has 1 N–H and O–H groups in total. The lowest BCUT2D eigenvalue weighted by Crippen LogP contribution is -2.25. The van der Waals surface area contributed by atoms with Crippen molar-refractivity contribution in [2.75, 3.05) is 37.0 Å². The Morgan fingerprint density at radius 3 is 2.56 bits per heavy atom. The third kappa shape index (κ3) is 4.06. The molecule has 0 spiro atoms. The summed E-state index contributed by atoms with van der Waals surface area (Å²) in [5.74, 6) is 3.25. The maximum Gasteiger partial charge on any atom is 0.226 e. The summed E-state index contributed by atoms with van der Waals surface area (Å²) in [5.41, 5.74) is 2.81. The van der Waals surface area contributed by atoms with Gasteiger partial charge >= 0.3 is 0 Å². The van der Waals surface area contributed by atoms with Gasteiger partial charge in [0.1, 0.15) is 5.82 Å². The molecule has 9 heteroatoms. The van der Waals surface area contributed by atoms with Gasteiger partial charge in [0.2, 0.25) is 5.91 Å². The second kappa shape index (κ2) is 9.32. The zero-order valence-electron chi connectivity index (χ0n) is 19.9. The van der Waals surface area contributed by atoms with Gasteiger partial charge in [-0.1, -0.05) is 13.0 Å². The van der Waals surface area contributed by atoms with Crippen LogP contribution in [-0.4, -0.2) is 52.7 Å². The molecular formula is C25H30N6O3. The summed E-state index contributed by atoms with van der Waals surface area (Å²) in [6.45, 7) is 6.66. The lowest BCUT2D eigenvalue weighted by atomic mass is 9.85. The summed E-state index contributed by atoms with van der Waals surface area (Å²) < 4.78 is 13.1. The number of hydrogen-bond donors (Lipinski definition) is 1. The molecule has 34 heavy (non-hydrogen) atoms. The molecule has 1 aromatic carbocycles. The van der Waals surface area contributed by atoms with E-state index < -0.39 is 0 Å². The van der Waals surface area contributed by atoms with Gasteiger partial charge in [-0.05, 0) is 56.0 Å². The normalized spacial score (nSPS) is 17.4. The fourth-order valence-electron chi connectivity index (χ4n) is 4.78. The highest BCUT2D eigenvalue weighted by atomic mass is 16.5. The van der Waals surface area contributed by atoms with Crippen molar-refractivity contribution in [1.29, 1.82) is 0 Å². The van der Waals surface area contributed by atoms with Crippen LogP contribution in [0.3, 0.4) is 0 Å². The van der Waals surface area contributed by atoms with Gasteiger partial charge in [-0.15, -0.1) is 10.2 Å². The summed E-state index contributed by atoms with van der Waals surface area (Å²) in [6.07, 6.45) is 3.60. The van der Waals surface area contributed by atoms with Crippen LogP contribution in [0.15, 0.2) is 30.3 Å². The first-order chi connectivity index (χ1) is 16.6. The second-order valence-corrected chi connectivity index (χ2v) is 8.77. The number of nitrogens with zero attached hydrogens (tertiary/aromatic N) is 5. The maximum atomic E-state index is 12.7. The van der Waals surface area contributed by atoms with E-state index in [2.05, 4.69) is 27.3 Å². The lowest BCUT2D eigenvalue weighted by Gasteiger charge is -2.25. The minimum atomic E-state index is -0.150. The number of aryl methyl sites for hydroxylation is 1. The monoisotopic (exact) mass is 462 g/mol. The number of fused-ring (bicyclic) bond motifs is 1. The van der Waals surface area contributed by atoms with Crippen LogP contribution in [0.2, 0.25) is 0 Å². The topological polar surface area (TPSA) is 94.4 Å². The molecular weight excluding hydrogens is 432 g/mol. The van der Waals surface area contributed by atoms with E-state index in [1.165, 1.54) is 12.8 Å². The van der Waals surface area contributed by atoms with E-state index in [-0.39, 0.29) is 11.8 Å². The number of aromatic nitrogens is 4. The Morgan fingerprint density at radius 2 is 1.85 bits per heavy atom. The highest BCUT2D eigenvalue weighted by Gasteiger charge is 2.33. The summed E-state index contributed by atoms with van der Waals surface area (Å²) in [4.78, 5) is 15.0. The van der Waals surface area contributed by atoms with E-state index in [1.54, 1.807) is 11.8 Å². The van der Waals surface area contributed by atoms with E-state index in [1.807, 2.05) is 37.3 Å². The Bertz CT molecular complexity index is 1180. The Labute approximate surface area is 199 Å². The van der Waals surface area contributed by atoms with Crippen LogP contribution in [0.1, 0.15) is 55.3 Å². The number of ether oxygens (including phenoxy) is 2. The van der Waals surface area contributed by atoms with Gasteiger partial charge < -0.3 is 19.7 Å². The van der Waals surface area contributed by atoms with E-state index in [0.717, 1.165) is 42.1 Å². The Hall–Kier alpha value is -3.62. The molecule has 178 valence electrons. The van der Waals surface area contributed by atoms with Gasteiger partial charge in [0.25, 0.3) is 0 Å². The van der Waals surface area contributed by atoms with Crippen LogP contribution in [0.25, 0.3) is 5.82 Å².